The molecule has 106 valence electrons. The van der Waals surface area contributed by atoms with E-state index in [4.69, 9.17) is 0 Å². The minimum absolute atomic E-state index is 0.0327. The van der Waals surface area contributed by atoms with E-state index in [1.54, 1.807) is 0 Å². The number of fused-ring (bicyclic) bond motifs is 1. The summed E-state index contributed by atoms with van der Waals surface area (Å²) in [5.74, 6) is 0.472. The minimum Gasteiger partial charge on any atom is -0.324 e. The molecule has 1 heterocycles. The second kappa shape index (κ2) is 5.79. The van der Waals surface area contributed by atoms with Crippen molar-refractivity contribution in [3.8, 4) is 0 Å². The molecule has 0 spiro atoms. The maximum absolute atomic E-state index is 12.0. The molecule has 0 saturated heterocycles. The zero-order chi connectivity index (χ0) is 14.7. The molecule has 0 atom stereocenters. The normalized spacial score (nSPS) is 10.7. The van der Waals surface area contributed by atoms with Crippen LogP contribution in [0.25, 0.3) is 11.0 Å². The Labute approximate surface area is 123 Å². The van der Waals surface area contributed by atoms with E-state index in [1.807, 2.05) is 24.3 Å². The van der Waals surface area contributed by atoms with Crippen LogP contribution in [-0.2, 0) is 11.2 Å². The van der Waals surface area contributed by atoms with E-state index in [0.717, 1.165) is 17.5 Å². The molecule has 1 aromatic heterocycles. The Morgan fingerprint density at radius 2 is 1.90 bits per heavy atom. The summed E-state index contributed by atoms with van der Waals surface area (Å²) in [5.41, 5.74) is 4.17. The maximum Gasteiger partial charge on any atom is 0.227 e. The summed E-state index contributed by atoms with van der Waals surface area (Å²) in [7, 11) is 0. The number of hydrogen-bond donors (Lipinski definition) is 2. The Balaban J connectivity index is 1.59. The number of nitrogens with zero attached hydrogens (tertiary/aromatic N) is 1. The fraction of sp³-hybridized carbons (Fsp3) is 0.176. The summed E-state index contributed by atoms with van der Waals surface area (Å²) in [4.78, 5) is 19.4. The fourth-order valence-corrected chi connectivity index (χ4v) is 2.22. The van der Waals surface area contributed by atoms with E-state index in [1.165, 1.54) is 11.1 Å². The number of para-hydroxylation sites is 2. The van der Waals surface area contributed by atoms with Gasteiger partial charge >= 0.3 is 0 Å². The van der Waals surface area contributed by atoms with Gasteiger partial charge in [0.25, 0.3) is 0 Å². The number of aryl methyl sites for hydroxylation is 2. The molecule has 0 aliphatic rings. The van der Waals surface area contributed by atoms with Gasteiger partial charge in [-0.25, -0.2) is 4.98 Å². The van der Waals surface area contributed by atoms with Gasteiger partial charge in [0, 0.05) is 6.42 Å². The van der Waals surface area contributed by atoms with Crippen LogP contribution < -0.4 is 5.32 Å². The van der Waals surface area contributed by atoms with E-state index in [-0.39, 0.29) is 5.91 Å². The summed E-state index contributed by atoms with van der Waals surface area (Å²) in [6.45, 7) is 2.05. The first-order valence-electron chi connectivity index (χ1n) is 7.01. The second-order valence-electron chi connectivity index (χ2n) is 5.14. The van der Waals surface area contributed by atoms with Crippen LogP contribution in [0.5, 0.6) is 0 Å². The van der Waals surface area contributed by atoms with E-state index in [9.17, 15) is 4.79 Å². The highest BCUT2D eigenvalue weighted by molar-refractivity contribution is 5.91. The number of carbonyl (C=O) groups is 1. The molecule has 2 aromatic carbocycles. The van der Waals surface area contributed by atoms with Gasteiger partial charge in [0.1, 0.15) is 0 Å². The van der Waals surface area contributed by atoms with Crippen LogP contribution in [0.1, 0.15) is 17.5 Å². The van der Waals surface area contributed by atoms with Crippen LogP contribution in [-0.4, -0.2) is 15.9 Å². The fourth-order valence-electron chi connectivity index (χ4n) is 2.22. The third-order valence-electron chi connectivity index (χ3n) is 3.41. The smallest absolute Gasteiger partial charge is 0.227 e. The van der Waals surface area contributed by atoms with E-state index in [0.29, 0.717) is 12.4 Å². The number of aromatic nitrogens is 2. The van der Waals surface area contributed by atoms with Crippen molar-refractivity contribution in [1.82, 2.24) is 9.97 Å². The Morgan fingerprint density at radius 3 is 2.67 bits per heavy atom. The third kappa shape index (κ3) is 3.28. The molecule has 2 N–H and O–H groups in total. The van der Waals surface area contributed by atoms with E-state index < -0.39 is 0 Å². The van der Waals surface area contributed by atoms with Crippen molar-refractivity contribution in [1.29, 1.82) is 0 Å². The number of anilines is 1. The van der Waals surface area contributed by atoms with Crippen LogP contribution in [0.4, 0.5) is 5.95 Å². The second-order valence-corrected chi connectivity index (χ2v) is 5.14. The lowest BCUT2D eigenvalue weighted by Crippen LogP contribution is -2.13. The van der Waals surface area contributed by atoms with Gasteiger partial charge in [-0.1, -0.05) is 42.0 Å². The third-order valence-corrected chi connectivity index (χ3v) is 3.41. The standard InChI is InChI=1S/C17H17N3O/c1-12-6-8-13(9-7-12)10-11-16(21)20-17-18-14-4-2-3-5-15(14)19-17/h2-9H,10-11H2,1H3,(H2,18,19,20,21). The molecule has 3 rings (SSSR count). The van der Waals surface area contributed by atoms with Crippen LogP contribution in [0, 0.1) is 6.92 Å². The van der Waals surface area contributed by atoms with E-state index in [2.05, 4.69) is 46.5 Å². The summed E-state index contributed by atoms with van der Waals surface area (Å²) >= 11 is 0. The van der Waals surface area contributed by atoms with E-state index >= 15 is 0 Å². The van der Waals surface area contributed by atoms with Crippen molar-refractivity contribution in [2.45, 2.75) is 19.8 Å². The van der Waals surface area contributed by atoms with Crippen LogP contribution in [0.2, 0.25) is 0 Å². The SMILES string of the molecule is Cc1ccc(CCC(=O)Nc2nc3ccccc3[nH]2)cc1. The molecular weight excluding hydrogens is 262 g/mol. The maximum atomic E-state index is 12.0. The van der Waals surface area contributed by atoms with Gasteiger partial charge in [-0.15, -0.1) is 0 Å². The molecule has 0 radical (unpaired) electrons. The van der Waals surface area contributed by atoms with Gasteiger partial charge < -0.3 is 4.98 Å². The van der Waals surface area contributed by atoms with Gasteiger partial charge in [0.2, 0.25) is 11.9 Å². The molecule has 0 unspecified atom stereocenters. The Morgan fingerprint density at radius 1 is 1.14 bits per heavy atom. The van der Waals surface area contributed by atoms with Crippen LogP contribution in [0.3, 0.4) is 0 Å². The van der Waals surface area contributed by atoms with Gasteiger partial charge in [-0.3, -0.25) is 10.1 Å². The molecule has 4 nitrogen and oxygen atoms in total. The van der Waals surface area contributed by atoms with Gasteiger partial charge in [-0.2, -0.15) is 0 Å². The first kappa shape index (κ1) is 13.4. The van der Waals surface area contributed by atoms with Crippen molar-refractivity contribution < 1.29 is 4.79 Å². The Bertz CT molecular complexity index is 726. The number of hydrogen-bond acceptors (Lipinski definition) is 2. The number of benzene rings is 2. The first-order valence-corrected chi connectivity index (χ1v) is 7.01. The summed E-state index contributed by atoms with van der Waals surface area (Å²) in [6.07, 6.45) is 1.17. The van der Waals surface area contributed by atoms with Crippen LogP contribution >= 0.6 is 0 Å². The van der Waals surface area contributed by atoms with Crippen molar-refractivity contribution in [3.63, 3.8) is 0 Å². The predicted molar refractivity (Wildman–Crippen MR) is 84.2 cm³/mol. The number of imidazole rings is 1. The topological polar surface area (TPSA) is 57.8 Å². The molecule has 0 aliphatic carbocycles. The molecule has 4 heteroatoms. The highest BCUT2D eigenvalue weighted by Gasteiger charge is 2.07. The first-order chi connectivity index (χ1) is 10.2. The van der Waals surface area contributed by atoms with Gasteiger partial charge in [0.15, 0.2) is 0 Å². The Hall–Kier alpha value is -2.62. The average Bonchev–Trinajstić information content (AvgIpc) is 2.88. The van der Waals surface area contributed by atoms with Crippen molar-refractivity contribution in [2.75, 3.05) is 5.32 Å². The molecule has 0 fully saturated rings. The quantitative estimate of drug-likeness (QED) is 0.768. The number of rotatable bonds is 4. The van der Waals surface area contributed by atoms with Gasteiger partial charge in [0.05, 0.1) is 11.0 Å². The molecule has 0 saturated carbocycles. The highest BCUT2D eigenvalue weighted by Crippen LogP contribution is 2.13. The monoisotopic (exact) mass is 279 g/mol. The lowest BCUT2D eigenvalue weighted by molar-refractivity contribution is -0.116. The van der Waals surface area contributed by atoms with Gasteiger partial charge in [-0.05, 0) is 31.0 Å². The molecular formula is C17H17N3O. The van der Waals surface area contributed by atoms with Crippen molar-refractivity contribution in [2.24, 2.45) is 0 Å². The number of nitrogens with one attached hydrogen (secondary N) is 2. The zero-order valence-corrected chi connectivity index (χ0v) is 11.9. The lowest BCUT2D eigenvalue weighted by Gasteiger charge is -2.03. The Kier molecular flexibility index (Phi) is 3.69. The number of H-pyrrole nitrogens is 1. The molecule has 0 aliphatic heterocycles. The zero-order valence-electron chi connectivity index (χ0n) is 11.9. The lowest BCUT2D eigenvalue weighted by atomic mass is 10.1. The minimum atomic E-state index is -0.0327. The van der Waals surface area contributed by atoms with Crippen LogP contribution in [0.15, 0.2) is 48.5 Å². The van der Waals surface area contributed by atoms with Crippen molar-refractivity contribution >= 4 is 22.9 Å². The largest absolute Gasteiger partial charge is 0.324 e. The molecule has 21 heavy (non-hydrogen) atoms. The summed E-state index contributed by atoms with van der Waals surface area (Å²) in [6, 6.07) is 15.9. The predicted octanol–water partition coefficient (Wildman–Crippen LogP) is 3.44. The summed E-state index contributed by atoms with van der Waals surface area (Å²) < 4.78 is 0. The number of aromatic amines is 1. The van der Waals surface area contributed by atoms with Crippen molar-refractivity contribution in [3.05, 3.63) is 59.7 Å². The molecule has 3 aromatic rings. The number of carbonyl (C=O) groups excluding carboxylic acids is 1. The molecule has 0 bridgehead atoms. The summed E-state index contributed by atoms with van der Waals surface area (Å²) in [5, 5.41) is 2.81. The average molecular weight is 279 g/mol. The number of amides is 1. The highest BCUT2D eigenvalue weighted by atomic mass is 16.1. The molecule has 1 amide bonds.